The molecule has 0 bridgehead atoms. The van der Waals surface area contributed by atoms with Gasteiger partial charge >= 0.3 is 0 Å². The summed E-state index contributed by atoms with van der Waals surface area (Å²) in [6, 6.07) is 0. The van der Waals surface area contributed by atoms with Crippen LogP contribution in [0.1, 0.15) is 26.7 Å². The number of hydrogen-bond acceptors (Lipinski definition) is 3. The van der Waals surface area contributed by atoms with Crippen molar-refractivity contribution in [2.45, 2.75) is 32.3 Å². The van der Waals surface area contributed by atoms with Crippen molar-refractivity contribution < 1.29 is 13.5 Å². The normalized spacial score (nSPS) is 25.8. The third-order valence-corrected chi connectivity index (χ3v) is 4.72. The second-order valence-corrected chi connectivity index (χ2v) is 7.15. The van der Waals surface area contributed by atoms with Gasteiger partial charge in [0.1, 0.15) is 0 Å². The molecule has 0 amide bonds. The van der Waals surface area contributed by atoms with Crippen LogP contribution in [0.5, 0.6) is 0 Å². The molecule has 5 nitrogen and oxygen atoms in total. The van der Waals surface area contributed by atoms with E-state index in [1.165, 1.54) is 4.31 Å². The van der Waals surface area contributed by atoms with Gasteiger partial charge in [-0.2, -0.15) is 12.7 Å². The zero-order chi connectivity index (χ0) is 12.0. The van der Waals surface area contributed by atoms with Crippen LogP contribution in [0.2, 0.25) is 0 Å². The lowest BCUT2D eigenvalue weighted by molar-refractivity contribution is -0.0769. The first-order chi connectivity index (χ1) is 7.33. The van der Waals surface area contributed by atoms with E-state index in [1.54, 1.807) is 0 Å². The zero-order valence-electron chi connectivity index (χ0n) is 9.81. The number of hydrogen-bond donors (Lipinski definition) is 2. The SMILES string of the molecule is CC(C)CNS(=O)(=O)N1CC(O)(C2CC2)C1. The predicted octanol–water partition coefficient (Wildman–Crippen LogP) is -0.0665. The first-order valence-corrected chi connectivity index (χ1v) is 7.24. The van der Waals surface area contributed by atoms with Crippen molar-refractivity contribution in [3.8, 4) is 0 Å². The minimum Gasteiger partial charge on any atom is -0.387 e. The summed E-state index contributed by atoms with van der Waals surface area (Å²) < 4.78 is 27.4. The summed E-state index contributed by atoms with van der Waals surface area (Å²) in [5.41, 5.74) is -0.743. The minimum atomic E-state index is -3.37. The Morgan fingerprint density at radius 1 is 1.44 bits per heavy atom. The van der Waals surface area contributed by atoms with Crippen LogP contribution in [0.3, 0.4) is 0 Å². The molecule has 0 radical (unpaired) electrons. The van der Waals surface area contributed by atoms with E-state index in [0.717, 1.165) is 12.8 Å². The van der Waals surface area contributed by atoms with E-state index in [0.29, 0.717) is 18.4 Å². The van der Waals surface area contributed by atoms with Crippen LogP contribution in [-0.4, -0.2) is 43.1 Å². The number of rotatable bonds is 5. The molecule has 1 aliphatic carbocycles. The summed E-state index contributed by atoms with van der Waals surface area (Å²) in [7, 11) is -3.37. The van der Waals surface area contributed by atoms with Gasteiger partial charge in [-0.1, -0.05) is 13.8 Å². The summed E-state index contributed by atoms with van der Waals surface area (Å²) in [5.74, 6) is 0.613. The monoisotopic (exact) mass is 248 g/mol. The quantitative estimate of drug-likeness (QED) is 0.716. The Morgan fingerprint density at radius 2 is 2.00 bits per heavy atom. The molecule has 0 aromatic heterocycles. The van der Waals surface area contributed by atoms with Crippen molar-refractivity contribution in [3.05, 3.63) is 0 Å². The molecule has 0 aromatic carbocycles. The van der Waals surface area contributed by atoms with E-state index in [4.69, 9.17) is 0 Å². The Bertz CT molecular complexity index is 356. The molecule has 1 saturated heterocycles. The Labute approximate surface area is 97.0 Å². The average Bonchev–Trinajstić information content (AvgIpc) is 2.93. The molecule has 6 heteroatoms. The number of nitrogens with zero attached hydrogens (tertiary/aromatic N) is 1. The third-order valence-electron chi connectivity index (χ3n) is 3.25. The predicted molar refractivity (Wildman–Crippen MR) is 61.0 cm³/mol. The average molecular weight is 248 g/mol. The maximum atomic E-state index is 11.8. The number of aliphatic hydroxyl groups is 1. The maximum Gasteiger partial charge on any atom is 0.279 e. The van der Waals surface area contributed by atoms with E-state index < -0.39 is 15.8 Å². The van der Waals surface area contributed by atoms with Crippen molar-refractivity contribution in [3.63, 3.8) is 0 Å². The Kier molecular flexibility index (Phi) is 3.03. The molecule has 2 fully saturated rings. The standard InChI is InChI=1S/C10H20N2O3S/c1-8(2)5-11-16(14,15)12-6-10(13,7-12)9-3-4-9/h8-9,11,13H,3-7H2,1-2H3. The third kappa shape index (κ3) is 2.40. The molecule has 94 valence electrons. The fraction of sp³-hybridized carbons (Fsp3) is 1.00. The lowest BCUT2D eigenvalue weighted by Crippen LogP contribution is -2.66. The molecular weight excluding hydrogens is 228 g/mol. The minimum absolute atomic E-state index is 0.255. The van der Waals surface area contributed by atoms with E-state index in [2.05, 4.69) is 4.72 Å². The van der Waals surface area contributed by atoms with Gasteiger partial charge in [-0.3, -0.25) is 0 Å². The van der Waals surface area contributed by atoms with Crippen molar-refractivity contribution in [2.24, 2.45) is 11.8 Å². The molecule has 1 saturated carbocycles. The van der Waals surface area contributed by atoms with Crippen LogP contribution in [-0.2, 0) is 10.2 Å². The van der Waals surface area contributed by atoms with Crippen molar-refractivity contribution in [1.29, 1.82) is 0 Å². The van der Waals surface area contributed by atoms with Crippen molar-refractivity contribution in [2.75, 3.05) is 19.6 Å². The van der Waals surface area contributed by atoms with Gasteiger partial charge in [0, 0.05) is 19.6 Å². The van der Waals surface area contributed by atoms with Gasteiger partial charge in [0.15, 0.2) is 0 Å². The summed E-state index contributed by atoms with van der Waals surface area (Å²) in [6.07, 6.45) is 2.06. The van der Waals surface area contributed by atoms with Gasteiger partial charge in [-0.25, -0.2) is 4.72 Å². The largest absolute Gasteiger partial charge is 0.387 e. The van der Waals surface area contributed by atoms with Crippen molar-refractivity contribution in [1.82, 2.24) is 9.03 Å². The van der Waals surface area contributed by atoms with Crippen LogP contribution < -0.4 is 4.72 Å². The fourth-order valence-corrected chi connectivity index (χ4v) is 3.49. The van der Waals surface area contributed by atoms with Crippen molar-refractivity contribution >= 4 is 10.2 Å². The van der Waals surface area contributed by atoms with Gasteiger partial charge in [-0.15, -0.1) is 0 Å². The zero-order valence-corrected chi connectivity index (χ0v) is 10.6. The molecule has 0 unspecified atom stereocenters. The molecule has 0 spiro atoms. The molecule has 1 aliphatic heterocycles. The lowest BCUT2D eigenvalue weighted by Gasteiger charge is -2.45. The Balaban J connectivity index is 1.85. The number of β-amino-alcohol motifs (C(OH)–C–C–N with tert-alkyl or cyclic N) is 1. The summed E-state index contributed by atoms with van der Waals surface area (Å²) in [6.45, 7) is 4.87. The second kappa shape index (κ2) is 3.94. The molecule has 2 N–H and O–H groups in total. The van der Waals surface area contributed by atoms with Crippen LogP contribution >= 0.6 is 0 Å². The smallest absolute Gasteiger partial charge is 0.279 e. The molecule has 2 rings (SSSR count). The van der Waals surface area contributed by atoms with E-state index in [-0.39, 0.29) is 13.1 Å². The summed E-state index contributed by atoms with van der Waals surface area (Å²) in [4.78, 5) is 0. The topological polar surface area (TPSA) is 69.6 Å². The van der Waals surface area contributed by atoms with E-state index in [1.807, 2.05) is 13.8 Å². The van der Waals surface area contributed by atoms with Crippen LogP contribution in [0.15, 0.2) is 0 Å². The fourth-order valence-electron chi connectivity index (χ4n) is 1.98. The lowest BCUT2D eigenvalue weighted by atomic mass is 9.91. The Morgan fingerprint density at radius 3 is 2.44 bits per heavy atom. The Hall–Kier alpha value is -0.170. The highest BCUT2D eigenvalue weighted by Crippen LogP contribution is 2.44. The number of nitrogens with one attached hydrogen (secondary N) is 1. The maximum absolute atomic E-state index is 11.8. The highest BCUT2D eigenvalue weighted by atomic mass is 32.2. The van der Waals surface area contributed by atoms with E-state index >= 15 is 0 Å². The molecule has 0 aromatic rings. The molecule has 1 heterocycles. The van der Waals surface area contributed by atoms with Crippen LogP contribution in [0, 0.1) is 11.8 Å². The summed E-state index contributed by atoms with van der Waals surface area (Å²) >= 11 is 0. The molecule has 0 atom stereocenters. The van der Waals surface area contributed by atoms with Gasteiger partial charge in [0.2, 0.25) is 0 Å². The van der Waals surface area contributed by atoms with E-state index in [9.17, 15) is 13.5 Å². The molecule has 16 heavy (non-hydrogen) atoms. The first-order valence-electron chi connectivity index (χ1n) is 5.80. The summed E-state index contributed by atoms with van der Waals surface area (Å²) in [5, 5.41) is 10.0. The highest BCUT2D eigenvalue weighted by Gasteiger charge is 2.55. The highest BCUT2D eigenvalue weighted by molar-refractivity contribution is 7.87. The first kappa shape index (κ1) is 12.3. The van der Waals surface area contributed by atoms with Crippen LogP contribution in [0.25, 0.3) is 0 Å². The molecular formula is C10H20N2O3S. The van der Waals surface area contributed by atoms with Gasteiger partial charge in [0.25, 0.3) is 10.2 Å². The van der Waals surface area contributed by atoms with Gasteiger partial charge in [-0.05, 0) is 24.7 Å². The van der Waals surface area contributed by atoms with Gasteiger partial charge in [0.05, 0.1) is 5.60 Å². The van der Waals surface area contributed by atoms with Gasteiger partial charge < -0.3 is 5.11 Å². The molecule has 2 aliphatic rings. The van der Waals surface area contributed by atoms with Crippen LogP contribution in [0.4, 0.5) is 0 Å². The second-order valence-electron chi connectivity index (χ2n) is 5.39.